The van der Waals surface area contributed by atoms with Crippen LogP contribution in [-0.4, -0.2) is 39.6 Å². The van der Waals surface area contributed by atoms with Gasteiger partial charge in [0, 0.05) is 17.0 Å². The van der Waals surface area contributed by atoms with Crippen molar-refractivity contribution in [2.75, 3.05) is 13.2 Å². The van der Waals surface area contributed by atoms with Gasteiger partial charge in [0.2, 0.25) is 0 Å². The summed E-state index contributed by atoms with van der Waals surface area (Å²) in [6.07, 6.45) is 1.24. The molecule has 0 aliphatic carbocycles. The third-order valence-corrected chi connectivity index (χ3v) is 4.35. The SMILES string of the molecule is CCOC(=O)c1cc(C(C)(C)C)nn1-c1ccc2c(ccn2C(=O)OCC)c1. The van der Waals surface area contributed by atoms with Crippen molar-refractivity contribution < 1.29 is 19.1 Å². The molecule has 0 bridgehead atoms. The average Bonchev–Trinajstić information content (AvgIpc) is 3.26. The highest BCUT2D eigenvalue weighted by atomic mass is 16.5. The molecule has 1 aromatic carbocycles. The van der Waals surface area contributed by atoms with Crippen LogP contribution in [0.2, 0.25) is 0 Å². The van der Waals surface area contributed by atoms with Gasteiger partial charge in [0.1, 0.15) is 0 Å². The zero-order chi connectivity index (χ0) is 20.5. The minimum absolute atomic E-state index is 0.218. The van der Waals surface area contributed by atoms with Crippen molar-refractivity contribution in [1.29, 1.82) is 0 Å². The second-order valence-corrected chi connectivity index (χ2v) is 7.42. The molecule has 0 radical (unpaired) electrons. The maximum Gasteiger partial charge on any atom is 0.418 e. The van der Waals surface area contributed by atoms with Crippen LogP contribution < -0.4 is 0 Å². The maximum atomic E-state index is 12.5. The summed E-state index contributed by atoms with van der Waals surface area (Å²) in [5.41, 5.74) is 2.38. The molecule has 0 spiro atoms. The number of hydrogen-bond acceptors (Lipinski definition) is 5. The Morgan fingerprint density at radius 2 is 1.75 bits per heavy atom. The van der Waals surface area contributed by atoms with Gasteiger partial charge in [-0.05, 0) is 44.2 Å². The first-order valence-electron chi connectivity index (χ1n) is 9.32. The number of fused-ring (bicyclic) bond motifs is 1. The molecule has 0 N–H and O–H groups in total. The van der Waals surface area contributed by atoms with Crippen LogP contribution >= 0.6 is 0 Å². The van der Waals surface area contributed by atoms with Gasteiger partial charge in [-0.3, -0.25) is 4.57 Å². The first-order valence-corrected chi connectivity index (χ1v) is 9.32. The summed E-state index contributed by atoms with van der Waals surface area (Å²) >= 11 is 0. The van der Waals surface area contributed by atoms with E-state index in [1.165, 1.54) is 4.57 Å². The highest BCUT2D eigenvalue weighted by Gasteiger charge is 2.24. The molecule has 148 valence electrons. The third-order valence-electron chi connectivity index (χ3n) is 4.35. The molecule has 0 saturated heterocycles. The van der Waals surface area contributed by atoms with E-state index in [-0.39, 0.29) is 12.0 Å². The molecule has 2 aromatic heterocycles. The Morgan fingerprint density at radius 3 is 2.39 bits per heavy atom. The highest BCUT2D eigenvalue weighted by molar-refractivity contribution is 5.92. The summed E-state index contributed by atoms with van der Waals surface area (Å²) in [7, 11) is 0. The van der Waals surface area contributed by atoms with Crippen LogP contribution in [0.15, 0.2) is 36.5 Å². The molecule has 0 saturated carbocycles. The van der Waals surface area contributed by atoms with E-state index in [1.807, 2.05) is 45.0 Å². The molecule has 3 aromatic rings. The number of nitrogens with zero attached hydrogens (tertiary/aromatic N) is 3. The number of carbonyl (C=O) groups is 2. The van der Waals surface area contributed by atoms with E-state index in [2.05, 4.69) is 5.10 Å². The number of esters is 1. The van der Waals surface area contributed by atoms with Crippen LogP contribution in [0.1, 0.15) is 50.8 Å². The normalized spacial score (nSPS) is 11.6. The summed E-state index contributed by atoms with van der Waals surface area (Å²) in [6, 6.07) is 9.11. The summed E-state index contributed by atoms with van der Waals surface area (Å²) in [6.45, 7) is 10.3. The van der Waals surface area contributed by atoms with Crippen LogP contribution in [-0.2, 0) is 14.9 Å². The number of aromatic nitrogens is 3. The molecule has 0 aliphatic rings. The number of carbonyl (C=O) groups excluding carboxylic acids is 2. The summed E-state index contributed by atoms with van der Waals surface area (Å²) in [4.78, 5) is 24.5. The topological polar surface area (TPSA) is 75.4 Å². The molecule has 0 amide bonds. The van der Waals surface area contributed by atoms with Crippen LogP contribution in [0.4, 0.5) is 4.79 Å². The Morgan fingerprint density at radius 1 is 1.04 bits per heavy atom. The van der Waals surface area contributed by atoms with Gasteiger partial charge in [0.15, 0.2) is 5.69 Å². The lowest BCUT2D eigenvalue weighted by Gasteiger charge is -2.14. The van der Waals surface area contributed by atoms with Gasteiger partial charge in [-0.2, -0.15) is 5.10 Å². The van der Waals surface area contributed by atoms with E-state index in [4.69, 9.17) is 9.47 Å². The lowest BCUT2D eigenvalue weighted by atomic mass is 9.92. The van der Waals surface area contributed by atoms with E-state index >= 15 is 0 Å². The van der Waals surface area contributed by atoms with Crippen molar-refractivity contribution in [3.8, 4) is 5.69 Å². The number of benzene rings is 1. The standard InChI is InChI=1S/C21H25N3O4/c1-6-27-19(25)17-13-18(21(3,4)5)22-24(17)15-8-9-16-14(12-15)10-11-23(16)20(26)28-7-2/h8-13H,6-7H2,1-5H3. The molecule has 28 heavy (non-hydrogen) atoms. The van der Waals surface area contributed by atoms with Gasteiger partial charge >= 0.3 is 12.1 Å². The Labute approximate surface area is 163 Å². The van der Waals surface area contributed by atoms with E-state index < -0.39 is 12.1 Å². The van der Waals surface area contributed by atoms with Crippen LogP contribution in [0.3, 0.4) is 0 Å². The lowest BCUT2D eigenvalue weighted by Crippen LogP contribution is -2.13. The largest absolute Gasteiger partial charge is 0.461 e. The second-order valence-electron chi connectivity index (χ2n) is 7.42. The highest BCUT2D eigenvalue weighted by Crippen LogP contribution is 2.26. The van der Waals surface area contributed by atoms with Crippen molar-refractivity contribution in [2.24, 2.45) is 0 Å². The van der Waals surface area contributed by atoms with Crippen molar-refractivity contribution in [2.45, 2.75) is 40.0 Å². The fourth-order valence-corrected chi connectivity index (χ4v) is 2.91. The molecule has 0 unspecified atom stereocenters. The van der Waals surface area contributed by atoms with E-state index in [0.717, 1.165) is 16.6 Å². The maximum absolute atomic E-state index is 12.5. The molecular formula is C21H25N3O4. The van der Waals surface area contributed by atoms with E-state index in [0.29, 0.717) is 18.0 Å². The second kappa shape index (κ2) is 7.50. The van der Waals surface area contributed by atoms with Gasteiger partial charge in [0.25, 0.3) is 0 Å². The molecule has 2 heterocycles. The summed E-state index contributed by atoms with van der Waals surface area (Å²) in [5, 5.41) is 5.49. The molecule has 0 atom stereocenters. The first-order chi connectivity index (χ1) is 13.3. The quantitative estimate of drug-likeness (QED) is 0.628. The molecule has 7 heteroatoms. The molecule has 3 rings (SSSR count). The van der Waals surface area contributed by atoms with Crippen LogP contribution in [0, 0.1) is 0 Å². The third kappa shape index (κ3) is 3.65. The minimum Gasteiger partial charge on any atom is -0.461 e. The lowest BCUT2D eigenvalue weighted by molar-refractivity contribution is 0.0515. The minimum atomic E-state index is -0.424. The average molecular weight is 383 g/mol. The summed E-state index contributed by atoms with van der Waals surface area (Å²) < 4.78 is 13.3. The number of hydrogen-bond donors (Lipinski definition) is 0. The van der Waals surface area contributed by atoms with Crippen molar-refractivity contribution in [3.63, 3.8) is 0 Å². The number of rotatable bonds is 4. The van der Waals surface area contributed by atoms with Gasteiger partial charge in [-0.25, -0.2) is 14.3 Å². The van der Waals surface area contributed by atoms with E-state index in [1.54, 1.807) is 30.8 Å². The molecule has 0 fully saturated rings. The van der Waals surface area contributed by atoms with Crippen LogP contribution in [0.5, 0.6) is 0 Å². The Balaban J connectivity index is 2.09. The monoisotopic (exact) mass is 383 g/mol. The van der Waals surface area contributed by atoms with Gasteiger partial charge < -0.3 is 9.47 Å². The van der Waals surface area contributed by atoms with Gasteiger partial charge in [-0.1, -0.05) is 20.8 Å². The molecule has 0 aliphatic heterocycles. The summed E-state index contributed by atoms with van der Waals surface area (Å²) in [5.74, 6) is -0.422. The van der Waals surface area contributed by atoms with Crippen molar-refractivity contribution >= 4 is 23.0 Å². The molecule has 7 nitrogen and oxygen atoms in total. The van der Waals surface area contributed by atoms with Gasteiger partial charge in [0.05, 0.1) is 30.1 Å². The number of ether oxygens (including phenoxy) is 2. The first kappa shape index (κ1) is 19.7. The smallest absolute Gasteiger partial charge is 0.418 e. The Bertz CT molecular complexity index is 1020. The predicted octanol–water partition coefficient (Wildman–Crippen LogP) is 4.31. The zero-order valence-electron chi connectivity index (χ0n) is 16.9. The zero-order valence-corrected chi connectivity index (χ0v) is 16.9. The predicted molar refractivity (Wildman–Crippen MR) is 106 cm³/mol. The van der Waals surface area contributed by atoms with Gasteiger partial charge in [-0.15, -0.1) is 0 Å². The fraction of sp³-hybridized carbons (Fsp3) is 0.381. The van der Waals surface area contributed by atoms with Crippen molar-refractivity contribution in [3.05, 3.63) is 47.9 Å². The van der Waals surface area contributed by atoms with E-state index in [9.17, 15) is 9.59 Å². The molecular weight excluding hydrogens is 358 g/mol. The Hall–Kier alpha value is -3.09. The van der Waals surface area contributed by atoms with Crippen LogP contribution in [0.25, 0.3) is 16.6 Å². The van der Waals surface area contributed by atoms with Crippen molar-refractivity contribution in [1.82, 2.24) is 14.3 Å². The fourth-order valence-electron chi connectivity index (χ4n) is 2.91. The Kier molecular flexibility index (Phi) is 5.27.